The normalized spacial score (nSPS) is 11.6. The van der Waals surface area contributed by atoms with E-state index in [2.05, 4.69) is 16.4 Å². The van der Waals surface area contributed by atoms with Gasteiger partial charge in [-0.25, -0.2) is 0 Å². The third kappa shape index (κ3) is 2.61. The second-order valence-corrected chi connectivity index (χ2v) is 4.33. The monoisotopic (exact) mass is 257 g/mol. The maximum absolute atomic E-state index is 9.10. The maximum Gasteiger partial charge on any atom is 0.103 e. The molecular weight excluding hydrogens is 246 g/mol. The summed E-state index contributed by atoms with van der Waals surface area (Å²) in [7, 11) is 0. The van der Waals surface area contributed by atoms with Crippen molar-refractivity contribution in [1.29, 1.82) is 5.26 Å². The van der Waals surface area contributed by atoms with Crippen LogP contribution >= 0.6 is 11.6 Å². The van der Waals surface area contributed by atoms with Crippen LogP contribution in [0.15, 0.2) is 42.7 Å². The van der Waals surface area contributed by atoms with Gasteiger partial charge in [-0.1, -0.05) is 17.7 Å². The molecule has 0 spiro atoms. The number of pyridine rings is 1. The van der Waals surface area contributed by atoms with E-state index < -0.39 is 0 Å². The molecule has 1 aromatic carbocycles. The van der Waals surface area contributed by atoms with E-state index in [0.717, 1.165) is 11.3 Å². The Bertz CT molecular complexity index is 575. The molecule has 0 aliphatic carbocycles. The lowest BCUT2D eigenvalue weighted by Crippen LogP contribution is -2.07. The van der Waals surface area contributed by atoms with Crippen LogP contribution in [0.2, 0.25) is 5.02 Å². The van der Waals surface area contributed by atoms with Crippen molar-refractivity contribution in [2.75, 3.05) is 5.32 Å². The van der Waals surface area contributed by atoms with Crippen LogP contribution < -0.4 is 5.32 Å². The quantitative estimate of drug-likeness (QED) is 0.910. The SMILES string of the molecule is CC(Nc1cccc(Cl)c1C#N)c1ccncc1. The summed E-state index contributed by atoms with van der Waals surface area (Å²) in [5.74, 6) is 0. The molecule has 1 unspecified atom stereocenters. The molecule has 1 aromatic heterocycles. The van der Waals surface area contributed by atoms with Gasteiger partial charge in [0.15, 0.2) is 0 Å². The largest absolute Gasteiger partial charge is 0.377 e. The van der Waals surface area contributed by atoms with Crippen molar-refractivity contribution in [2.45, 2.75) is 13.0 Å². The van der Waals surface area contributed by atoms with E-state index in [4.69, 9.17) is 16.9 Å². The Balaban J connectivity index is 2.25. The van der Waals surface area contributed by atoms with Crippen molar-refractivity contribution < 1.29 is 0 Å². The summed E-state index contributed by atoms with van der Waals surface area (Å²) in [5.41, 5.74) is 2.32. The zero-order valence-corrected chi connectivity index (χ0v) is 10.6. The standard InChI is InChI=1S/C14H12ClN3/c1-10(11-5-7-17-8-6-11)18-14-4-2-3-13(15)12(14)9-16/h2-8,10,18H,1H3. The van der Waals surface area contributed by atoms with Gasteiger partial charge in [0.2, 0.25) is 0 Å². The average molecular weight is 258 g/mol. The Kier molecular flexibility index (Phi) is 3.81. The van der Waals surface area contributed by atoms with E-state index >= 15 is 0 Å². The molecule has 4 heteroatoms. The van der Waals surface area contributed by atoms with Gasteiger partial charge < -0.3 is 5.32 Å². The topological polar surface area (TPSA) is 48.7 Å². The van der Waals surface area contributed by atoms with Crippen molar-refractivity contribution in [1.82, 2.24) is 4.98 Å². The van der Waals surface area contributed by atoms with Gasteiger partial charge >= 0.3 is 0 Å². The predicted molar refractivity (Wildman–Crippen MR) is 72.4 cm³/mol. The molecule has 90 valence electrons. The first-order valence-corrected chi connectivity index (χ1v) is 5.95. The Hall–Kier alpha value is -2.05. The molecule has 2 rings (SSSR count). The lowest BCUT2D eigenvalue weighted by molar-refractivity contribution is 0.880. The molecule has 1 heterocycles. The summed E-state index contributed by atoms with van der Waals surface area (Å²) < 4.78 is 0. The smallest absolute Gasteiger partial charge is 0.103 e. The molecule has 18 heavy (non-hydrogen) atoms. The van der Waals surface area contributed by atoms with Crippen molar-refractivity contribution in [3.63, 3.8) is 0 Å². The molecule has 2 aromatic rings. The van der Waals surface area contributed by atoms with Crippen LogP contribution in [0.5, 0.6) is 0 Å². The van der Waals surface area contributed by atoms with Crippen LogP contribution in [0.1, 0.15) is 24.1 Å². The molecule has 0 aliphatic rings. The first-order chi connectivity index (χ1) is 8.72. The third-order valence-corrected chi connectivity index (χ3v) is 3.02. The van der Waals surface area contributed by atoms with Gasteiger partial charge in [-0.15, -0.1) is 0 Å². The number of nitriles is 1. The van der Waals surface area contributed by atoms with Gasteiger partial charge in [-0.2, -0.15) is 5.26 Å². The molecule has 1 N–H and O–H groups in total. The summed E-state index contributed by atoms with van der Waals surface area (Å²) in [5, 5.41) is 12.8. The van der Waals surface area contributed by atoms with Gasteiger partial charge in [-0.3, -0.25) is 4.98 Å². The number of hydrogen-bond donors (Lipinski definition) is 1. The van der Waals surface area contributed by atoms with Crippen molar-refractivity contribution in [3.05, 3.63) is 58.9 Å². The number of nitrogens with zero attached hydrogens (tertiary/aromatic N) is 2. The van der Waals surface area contributed by atoms with Crippen LogP contribution in [-0.2, 0) is 0 Å². The average Bonchev–Trinajstić information content (AvgIpc) is 2.40. The summed E-state index contributed by atoms with van der Waals surface area (Å²) in [6, 6.07) is 11.5. The molecule has 0 amide bonds. The molecule has 0 saturated carbocycles. The third-order valence-electron chi connectivity index (χ3n) is 2.70. The molecule has 0 aliphatic heterocycles. The lowest BCUT2D eigenvalue weighted by Gasteiger charge is -2.16. The van der Waals surface area contributed by atoms with Crippen LogP contribution in [-0.4, -0.2) is 4.98 Å². The van der Waals surface area contributed by atoms with E-state index in [1.54, 1.807) is 18.5 Å². The summed E-state index contributed by atoms with van der Waals surface area (Å²) in [6.07, 6.45) is 3.49. The zero-order valence-electron chi connectivity index (χ0n) is 9.89. The molecule has 0 fully saturated rings. The molecule has 1 atom stereocenters. The highest BCUT2D eigenvalue weighted by molar-refractivity contribution is 6.32. The van der Waals surface area contributed by atoms with E-state index in [9.17, 15) is 0 Å². The summed E-state index contributed by atoms with van der Waals surface area (Å²) in [6.45, 7) is 2.03. The van der Waals surface area contributed by atoms with E-state index in [0.29, 0.717) is 10.6 Å². The minimum absolute atomic E-state index is 0.0820. The summed E-state index contributed by atoms with van der Waals surface area (Å²) in [4.78, 5) is 3.98. The first-order valence-electron chi connectivity index (χ1n) is 5.57. The van der Waals surface area contributed by atoms with Crippen molar-refractivity contribution in [2.24, 2.45) is 0 Å². The van der Waals surface area contributed by atoms with Crippen LogP contribution in [0.3, 0.4) is 0 Å². The first kappa shape index (κ1) is 12.4. The van der Waals surface area contributed by atoms with Crippen LogP contribution in [0.25, 0.3) is 0 Å². The zero-order chi connectivity index (χ0) is 13.0. The molecule has 0 saturated heterocycles. The maximum atomic E-state index is 9.10. The lowest BCUT2D eigenvalue weighted by atomic mass is 10.1. The number of anilines is 1. The van der Waals surface area contributed by atoms with Crippen LogP contribution in [0.4, 0.5) is 5.69 Å². The van der Waals surface area contributed by atoms with Gasteiger partial charge in [0.1, 0.15) is 6.07 Å². The molecular formula is C14H12ClN3. The number of benzene rings is 1. The summed E-state index contributed by atoms with van der Waals surface area (Å²) >= 11 is 5.99. The fourth-order valence-electron chi connectivity index (χ4n) is 1.73. The second-order valence-electron chi connectivity index (χ2n) is 3.92. The Morgan fingerprint density at radius 1 is 1.28 bits per heavy atom. The van der Waals surface area contributed by atoms with E-state index in [1.165, 1.54) is 0 Å². The van der Waals surface area contributed by atoms with E-state index in [-0.39, 0.29) is 6.04 Å². The fourth-order valence-corrected chi connectivity index (χ4v) is 1.94. The fraction of sp³-hybridized carbons (Fsp3) is 0.143. The predicted octanol–water partition coefficient (Wildman–Crippen LogP) is 3.78. The highest BCUT2D eigenvalue weighted by Crippen LogP contribution is 2.26. The van der Waals surface area contributed by atoms with Gasteiger partial charge in [0.25, 0.3) is 0 Å². The minimum Gasteiger partial charge on any atom is -0.377 e. The van der Waals surface area contributed by atoms with Crippen molar-refractivity contribution in [3.8, 4) is 6.07 Å². The van der Waals surface area contributed by atoms with E-state index in [1.807, 2.05) is 31.2 Å². The highest BCUT2D eigenvalue weighted by atomic mass is 35.5. The molecule has 0 radical (unpaired) electrons. The number of hydrogen-bond acceptors (Lipinski definition) is 3. The minimum atomic E-state index is 0.0820. The molecule has 3 nitrogen and oxygen atoms in total. The number of rotatable bonds is 3. The van der Waals surface area contributed by atoms with Gasteiger partial charge in [0.05, 0.1) is 16.3 Å². The Morgan fingerprint density at radius 2 is 2.00 bits per heavy atom. The molecule has 0 bridgehead atoms. The van der Waals surface area contributed by atoms with Gasteiger partial charge in [-0.05, 0) is 36.8 Å². The van der Waals surface area contributed by atoms with Crippen molar-refractivity contribution >= 4 is 17.3 Å². The highest BCUT2D eigenvalue weighted by Gasteiger charge is 2.10. The number of nitrogens with one attached hydrogen (secondary N) is 1. The van der Waals surface area contributed by atoms with Gasteiger partial charge in [0, 0.05) is 18.4 Å². The Labute approximate surface area is 111 Å². The number of halogens is 1. The Morgan fingerprint density at radius 3 is 2.67 bits per heavy atom. The number of aromatic nitrogens is 1. The second kappa shape index (κ2) is 5.52. The van der Waals surface area contributed by atoms with Crippen LogP contribution in [0, 0.1) is 11.3 Å².